The molecule has 0 radical (unpaired) electrons. The molecular formula is C15H18FNO3. The zero-order chi connectivity index (χ0) is 14.9. The average Bonchev–Trinajstić information content (AvgIpc) is 2.40. The Morgan fingerprint density at radius 1 is 1.50 bits per heavy atom. The molecule has 5 heteroatoms. The molecule has 4 nitrogen and oxygen atoms in total. The van der Waals surface area contributed by atoms with Crippen LogP contribution in [-0.2, 0) is 9.59 Å². The number of benzene rings is 1. The van der Waals surface area contributed by atoms with Gasteiger partial charge in [-0.25, -0.2) is 4.39 Å². The maximum Gasteiger partial charge on any atom is 0.308 e. The van der Waals surface area contributed by atoms with Crippen molar-refractivity contribution in [2.24, 2.45) is 5.92 Å². The smallest absolute Gasteiger partial charge is 0.308 e. The highest BCUT2D eigenvalue weighted by molar-refractivity contribution is 5.81. The number of hydrogen-bond donors (Lipinski definition) is 1. The van der Waals surface area contributed by atoms with Crippen LogP contribution in [0.25, 0.3) is 0 Å². The second-order valence-corrected chi connectivity index (χ2v) is 5.13. The fraction of sp³-hybridized carbons (Fsp3) is 0.467. The summed E-state index contributed by atoms with van der Waals surface area (Å²) in [4.78, 5) is 24.9. The lowest BCUT2D eigenvalue weighted by molar-refractivity contribution is -0.151. The predicted molar refractivity (Wildman–Crippen MR) is 71.6 cm³/mol. The Bertz CT molecular complexity index is 542. The van der Waals surface area contributed by atoms with Crippen LogP contribution in [0.2, 0.25) is 0 Å². The van der Waals surface area contributed by atoms with Crippen LogP contribution in [0.15, 0.2) is 18.2 Å². The second kappa shape index (κ2) is 5.61. The Kier molecular flexibility index (Phi) is 4.06. The first-order chi connectivity index (χ1) is 9.45. The number of carbonyl (C=O) groups excluding carboxylic acids is 1. The van der Waals surface area contributed by atoms with Gasteiger partial charge in [-0.3, -0.25) is 9.59 Å². The minimum atomic E-state index is -0.984. The summed E-state index contributed by atoms with van der Waals surface area (Å²) >= 11 is 0. The number of halogens is 1. The van der Waals surface area contributed by atoms with E-state index in [1.807, 2.05) is 6.92 Å². The summed E-state index contributed by atoms with van der Waals surface area (Å²) in [5, 5.41) is 9.37. The standard InChI is InChI=1S/C15H18FNO3/c1-3-17-13(18)7-5-10(15(19)20)14(17)11-8-9(2)4-6-12(11)16/h4,6,8,10,14H,3,5,7H2,1-2H3,(H,19,20). The summed E-state index contributed by atoms with van der Waals surface area (Å²) in [5.41, 5.74) is 1.15. The second-order valence-electron chi connectivity index (χ2n) is 5.13. The van der Waals surface area contributed by atoms with Gasteiger partial charge < -0.3 is 10.0 Å². The van der Waals surface area contributed by atoms with Crippen molar-refractivity contribution in [2.75, 3.05) is 6.54 Å². The molecule has 1 heterocycles. The van der Waals surface area contributed by atoms with Gasteiger partial charge in [0.25, 0.3) is 0 Å². The lowest BCUT2D eigenvalue weighted by Gasteiger charge is -2.39. The minimum Gasteiger partial charge on any atom is -0.481 e. The maximum absolute atomic E-state index is 14.1. The molecule has 1 aromatic rings. The first-order valence-corrected chi connectivity index (χ1v) is 6.74. The van der Waals surface area contributed by atoms with Crippen LogP contribution in [0.4, 0.5) is 4.39 Å². The van der Waals surface area contributed by atoms with Crippen molar-refractivity contribution < 1.29 is 19.1 Å². The van der Waals surface area contributed by atoms with Crippen molar-refractivity contribution in [3.05, 3.63) is 35.1 Å². The molecule has 2 rings (SSSR count). The molecule has 0 bridgehead atoms. The van der Waals surface area contributed by atoms with Crippen LogP contribution >= 0.6 is 0 Å². The molecule has 2 unspecified atom stereocenters. The number of nitrogens with zero attached hydrogens (tertiary/aromatic N) is 1. The third-order valence-electron chi connectivity index (χ3n) is 3.83. The molecule has 1 N–H and O–H groups in total. The van der Waals surface area contributed by atoms with Crippen molar-refractivity contribution >= 4 is 11.9 Å². The van der Waals surface area contributed by atoms with Crippen molar-refractivity contribution in [3.8, 4) is 0 Å². The number of piperidine rings is 1. The normalized spacial score (nSPS) is 22.9. The summed E-state index contributed by atoms with van der Waals surface area (Å²) < 4.78 is 14.1. The molecule has 0 aromatic heterocycles. The molecular weight excluding hydrogens is 261 g/mol. The fourth-order valence-corrected chi connectivity index (χ4v) is 2.86. The third kappa shape index (κ3) is 2.53. The van der Waals surface area contributed by atoms with Gasteiger partial charge in [-0.1, -0.05) is 17.7 Å². The van der Waals surface area contributed by atoms with Gasteiger partial charge in [0.1, 0.15) is 5.82 Å². The van der Waals surface area contributed by atoms with Crippen molar-refractivity contribution in [1.82, 2.24) is 4.90 Å². The van der Waals surface area contributed by atoms with Crippen LogP contribution in [0, 0.1) is 18.7 Å². The first-order valence-electron chi connectivity index (χ1n) is 6.74. The van der Waals surface area contributed by atoms with Crippen molar-refractivity contribution in [2.45, 2.75) is 32.7 Å². The SMILES string of the molecule is CCN1C(=O)CCC(C(=O)O)C1c1cc(C)ccc1F. The van der Waals surface area contributed by atoms with Crippen molar-refractivity contribution in [3.63, 3.8) is 0 Å². The number of carboxylic acids is 1. The molecule has 1 aliphatic heterocycles. The van der Waals surface area contributed by atoms with E-state index in [1.165, 1.54) is 11.0 Å². The summed E-state index contributed by atoms with van der Waals surface area (Å²) in [6.07, 6.45) is 0.456. The van der Waals surface area contributed by atoms with Crippen molar-refractivity contribution in [1.29, 1.82) is 0 Å². The quantitative estimate of drug-likeness (QED) is 0.925. The first kappa shape index (κ1) is 14.5. The Hall–Kier alpha value is -1.91. The molecule has 108 valence electrons. The number of hydrogen-bond acceptors (Lipinski definition) is 2. The molecule has 0 saturated carbocycles. The van der Waals surface area contributed by atoms with E-state index in [0.717, 1.165) is 5.56 Å². The lowest BCUT2D eigenvalue weighted by atomic mass is 9.83. The van der Waals surface area contributed by atoms with Gasteiger partial charge in [0, 0.05) is 18.5 Å². The largest absolute Gasteiger partial charge is 0.481 e. The van der Waals surface area contributed by atoms with Crippen LogP contribution in [0.5, 0.6) is 0 Å². The van der Waals surface area contributed by atoms with E-state index in [2.05, 4.69) is 0 Å². The van der Waals surface area contributed by atoms with Gasteiger partial charge in [-0.05, 0) is 26.3 Å². The van der Waals surface area contributed by atoms with E-state index in [1.54, 1.807) is 19.1 Å². The number of likely N-dealkylation sites (tertiary alicyclic amines) is 1. The molecule has 1 saturated heterocycles. The molecule has 1 aliphatic rings. The van der Waals surface area contributed by atoms with Crippen LogP contribution in [0.1, 0.15) is 36.9 Å². The van der Waals surface area contributed by atoms with E-state index < -0.39 is 23.7 Å². The Balaban J connectivity index is 2.52. The number of carbonyl (C=O) groups is 2. The lowest BCUT2D eigenvalue weighted by Crippen LogP contribution is -2.45. The van der Waals surface area contributed by atoms with Gasteiger partial charge in [0.05, 0.1) is 12.0 Å². The van der Waals surface area contributed by atoms with E-state index in [4.69, 9.17) is 0 Å². The number of aryl methyl sites for hydroxylation is 1. The summed E-state index contributed by atoms with van der Waals surface area (Å²) in [6.45, 7) is 3.98. The van der Waals surface area contributed by atoms with E-state index >= 15 is 0 Å². The summed E-state index contributed by atoms with van der Waals surface area (Å²) in [7, 11) is 0. The number of aliphatic carboxylic acids is 1. The van der Waals surface area contributed by atoms with E-state index in [-0.39, 0.29) is 18.7 Å². The third-order valence-corrected chi connectivity index (χ3v) is 3.83. The molecule has 20 heavy (non-hydrogen) atoms. The van der Waals surface area contributed by atoms with Gasteiger partial charge >= 0.3 is 5.97 Å². The maximum atomic E-state index is 14.1. The van der Waals surface area contributed by atoms with Gasteiger partial charge in [0.2, 0.25) is 5.91 Å². The fourth-order valence-electron chi connectivity index (χ4n) is 2.86. The molecule has 2 atom stereocenters. The molecule has 1 amide bonds. The monoisotopic (exact) mass is 279 g/mol. The van der Waals surface area contributed by atoms with E-state index in [9.17, 15) is 19.1 Å². The summed E-state index contributed by atoms with van der Waals surface area (Å²) in [6, 6.07) is 3.88. The Labute approximate surface area is 117 Å². The van der Waals surface area contributed by atoms with Gasteiger partial charge in [-0.15, -0.1) is 0 Å². The Morgan fingerprint density at radius 3 is 2.80 bits per heavy atom. The number of amides is 1. The average molecular weight is 279 g/mol. The highest BCUT2D eigenvalue weighted by atomic mass is 19.1. The zero-order valence-corrected chi connectivity index (χ0v) is 11.6. The molecule has 1 aromatic carbocycles. The summed E-state index contributed by atoms with van der Waals surface area (Å²) in [5.74, 6) is -2.32. The zero-order valence-electron chi connectivity index (χ0n) is 11.6. The molecule has 0 spiro atoms. The number of carboxylic acid groups (broad SMARTS) is 1. The topological polar surface area (TPSA) is 57.6 Å². The predicted octanol–water partition coefficient (Wildman–Crippen LogP) is 2.52. The van der Waals surface area contributed by atoms with Crippen LogP contribution in [-0.4, -0.2) is 28.4 Å². The highest BCUT2D eigenvalue weighted by Gasteiger charge is 2.41. The molecule has 0 aliphatic carbocycles. The van der Waals surface area contributed by atoms with Gasteiger partial charge in [0.15, 0.2) is 0 Å². The number of rotatable bonds is 3. The minimum absolute atomic E-state index is 0.115. The Morgan fingerprint density at radius 2 is 2.20 bits per heavy atom. The van der Waals surface area contributed by atoms with Crippen LogP contribution in [0.3, 0.4) is 0 Å². The highest BCUT2D eigenvalue weighted by Crippen LogP contribution is 2.38. The molecule has 1 fully saturated rings. The van der Waals surface area contributed by atoms with Crippen LogP contribution < -0.4 is 0 Å². The van der Waals surface area contributed by atoms with E-state index in [0.29, 0.717) is 12.1 Å². The van der Waals surface area contributed by atoms with Gasteiger partial charge in [-0.2, -0.15) is 0 Å².